The summed E-state index contributed by atoms with van der Waals surface area (Å²) in [7, 11) is 2.15. The Morgan fingerprint density at radius 1 is 1.00 bits per heavy atom. The second-order valence-corrected chi connectivity index (χ2v) is 8.56. The summed E-state index contributed by atoms with van der Waals surface area (Å²) in [6.07, 6.45) is 1.74. The average molecular weight is 439 g/mol. The zero-order valence-electron chi connectivity index (χ0n) is 17.6. The van der Waals surface area contributed by atoms with E-state index in [9.17, 15) is 8.76 Å². The van der Waals surface area contributed by atoms with Crippen molar-refractivity contribution in [2.24, 2.45) is 0 Å². The number of likely N-dealkylation sites (N-methyl/N-ethyl adjacent to an activating group) is 1. The van der Waals surface area contributed by atoms with Gasteiger partial charge in [-0.05, 0) is 56.4 Å². The van der Waals surface area contributed by atoms with Gasteiger partial charge in [-0.1, -0.05) is 6.07 Å². The van der Waals surface area contributed by atoms with Crippen LogP contribution in [0.4, 0.5) is 28.8 Å². The third kappa shape index (κ3) is 5.38. The first-order valence-electron chi connectivity index (χ1n) is 10.1. The molecule has 3 N–H and O–H groups in total. The van der Waals surface area contributed by atoms with Gasteiger partial charge in [0, 0.05) is 55.0 Å². The molecule has 1 aromatic heterocycles. The Morgan fingerprint density at radius 2 is 1.74 bits per heavy atom. The number of aromatic nitrogens is 2. The Bertz CT molecular complexity index is 1070. The van der Waals surface area contributed by atoms with Gasteiger partial charge in [0.25, 0.3) is 0 Å². The van der Waals surface area contributed by atoms with Crippen molar-refractivity contribution in [3.63, 3.8) is 0 Å². The van der Waals surface area contributed by atoms with Gasteiger partial charge in [-0.15, -0.1) is 0 Å². The maximum atomic E-state index is 11.3. The maximum Gasteiger partial charge on any atom is 0.229 e. The van der Waals surface area contributed by atoms with Crippen LogP contribution in [-0.4, -0.2) is 56.9 Å². The smallest absolute Gasteiger partial charge is 0.229 e. The van der Waals surface area contributed by atoms with Crippen LogP contribution in [0.2, 0.25) is 0 Å². The Balaban J connectivity index is 1.46. The molecule has 9 heteroatoms. The second-order valence-electron chi connectivity index (χ2n) is 7.59. The number of hydrogen-bond donors (Lipinski definition) is 3. The van der Waals surface area contributed by atoms with Gasteiger partial charge in [0.15, 0.2) is 11.1 Å². The molecule has 31 heavy (non-hydrogen) atoms. The van der Waals surface area contributed by atoms with E-state index in [0.717, 1.165) is 37.4 Å². The molecule has 1 saturated heterocycles. The highest BCUT2D eigenvalue weighted by molar-refractivity contribution is 7.79. The molecule has 4 rings (SSSR count). The highest BCUT2D eigenvalue weighted by Crippen LogP contribution is 2.24. The molecule has 1 fully saturated rings. The second kappa shape index (κ2) is 9.42. The topological polar surface area (TPSA) is 93.6 Å². The normalized spacial score (nSPS) is 15.5. The average Bonchev–Trinajstić information content (AvgIpc) is 2.77. The van der Waals surface area contributed by atoms with Crippen LogP contribution >= 0.6 is 0 Å². The number of aryl methyl sites for hydroxylation is 1. The lowest BCUT2D eigenvalue weighted by atomic mass is 10.2. The van der Waals surface area contributed by atoms with Crippen molar-refractivity contribution in [2.75, 3.05) is 48.8 Å². The molecule has 1 unspecified atom stereocenters. The van der Waals surface area contributed by atoms with E-state index in [-0.39, 0.29) is 0 Å². The molecule has 3 aromatic rings. The van der Waals surface area contributed by atoms with Gasteiger partial charge in [0.05, 0.1) is 4.90 Å². The van der Waals surface area contributed by atoms with Crippen molar-refractivity contribution in [1.29, 1.82) is 0 Å². The third-order valence-electron chi connectivity index (χ3n) is 5.26. The van der Waals surface area contributed by atoms with Crippen LogP contribution in [0.3, 0.4) is 0 Å². The molecule has 0 aliphatic carbocycles. The van der Waals surface area contributed by atoms with Crippen LogP contribution in [0.5, 0.6) is 0 Å². The number of piperazine rings is 1. The predicted molar refractivity (Wildman–Crippen MR) is 125 cm³/mol. The van der Waals surface area contributed by atoms with Crippen molar-refractivity contribution in [3.05, 3.63) is 60.3 Å². The lowest BCUT2D eigenvalue weighted by Gasteiger charge is -2.34. The first-order valence-corrected chi connectivity index (χ1v) is 11.2. The van der Waals surface area contributed by atoms with E-state index in [1.165, 1.54) is 5.69 Å². The van der Waals surface area contributed by atoms with E-state index in [0.29, 0.717) is 22.3 Å². The Morgan fingerprint density at radius 3 is 2.45 bits per heavy atom. The Labute approximate surface area is 184 Å². The summed E-state index contributed by atoms with van der Waals surface area (Å²) < 4.78 is 20.6. The van der Waals surface area contributed by atoms with Gasteiger partial charge < -0.3 is 25.0 Å². The highest BCUT2D eigenvalue weighted by Gasteiger charge is 2.14. The van der Waals surface area contributed by atoms with Crippen LogP contribution in [0.25, 0.3) is 0 Å². The molecule has 162 valence electrons. The van der Waals surface area contributed by atoms with Gasteiger partial charge in [-0.2, -0.15) is 4.98 Å². The van der Waals surface area contributed by atoms with Gasteiger partial charge >= 0.3 is 0 Å². The number of hydrogen-bond acceptors (Lipinski definition) is 7. The van der Waals surface area contributed by atoms with Crippen LogP contribution in [0, 0.1) is 6.92 Å². The van der Waals surface area contributed by atoms with Gasteiger partial charge in [-0.25, -0.2) is 9.19 Å². The van der Waals surface area contributed by atoms with Crippen LogP contribution in [0.1, 0.15) is 5.56 Å². The summed E-state index contributed by atoms with van der Waals surface area (Å²) in [5.74, 6) is 1.11. The molecular weight excluding hydrogens is 412 g/mol. The van der Waals surface area contributed by atoms with Crippen LogP contribution in [-0.2, 0) is 11.1 Å². The highest BCUT2D eigenvalue weighted by atomic mass is 32.2. The molecule has 1 aliphatic heterocycles. The molecule has 1 aliphatic rings. The van der Waals surface area contributed by atoms with E-state index in [1.807, 2.05) is 25.1 Å². The van der Waals surface area contributed by atoms with E-state index in [1.54, 1.807) is 24.4 Å². The van der Waals surface area contributed by atoms with Gasteiger partial charge in [-0.3, -0.25) is 0 Å². The third-order valence-corrected chi connectivity index (χ3v) is 5.92. The Hall–Kier alpha value is -3.01. The maximum absolute atomic E-state index is 11.3. The molecule has 0 radical (unpaired) electrons. The number of nitrogens with zero attached hydrogens (tertiary/aromatic N) is 4. The molecule has 2 aromatic carbocycles. The SMILES string of the molecule is Cc1cnc(Nc2ccc(N3CCN(C)CC3)cc2)nc1Nc1cccc(S(=O)O)c1. The summed E-state index contributed by atoms with van der Waals surface area (Å²) in [5, 5.41) is 6.45. The summed E-state index contributed by atoms with van der Waals surface area (Å²) >= 11 is -2.03. The van der Waals surface area contributed by atoms with Crippen LogP contribution < -0.4 is 15.5 Å². The first-order chi connectivity index (χ1) is 15.0. The molecule has 0 spiro atoms. The summed E-state index contributed by atoms with van der Waals surface area (Å²) in [4.78, 5) is 14.0. The number of nitrogens with one attached hydrogen (secondary N) is 2. The molecule has 0 amide bonds. The number of anilines is 5. The fraction of sp³-hybridized carbons (Fsp3) is 0.273. The predicted octanol–water partition coefficient (Wildman–Crippen LogP) is 3.60. The van der Waals surface area contributed by atoms with E-state index in [2.05, 4.69) is 49.6 Å². The van der Waals surface area contributed by atoms with Crippen molar-refractivity contribution < 1.29 is 8.76 Å². The standard InChI is InChI=1S/C22H26N6O2S/c1-16-15-23-22(26-21(16)24-18-4-3-5-20(14-18)31(29)30)25-17-6-8-19(9-7-17)28-12-10-27(2)11-13-28/h3-9,14-15H,10-13H2,1-2H3,(H,29,30)(H2,23,24,25,26). The lowest BCUT2D eigenvalue weighted by molar-refractivity contribution is 0.313. The van der Waals surface area contributed by atoms with Crippen LogP contribution in [0.15, 0.2) is 59.6 Å². The minimum Gasteiger partial charge on any atom is -0.369 e. The zero-order valence-corrected chi connectivity index (χ0v) is 18.4. The fourth-order valence-electron chi connectivity index (χ4n) is 3.40. The van der Waals surface area contributed by atoms with E-state index >= 15 is 0 Å². The largest absolute Gasteiger partial charge is 0.369 e. The lowest BCUT2D eigenvalue weighted by Crippen LogP contribution is -2.44. The van der Waals surface area contributed by atoms with E-state index in [4.69, 9.17) is 0 Å². The number of rotatable bonds is 6. The van der Waals surface area contributed by atoms with E-state index < -0.39 is 11.1 Å². The minimum atomic E-state index is -2.03. The first kappa shape index (κ1) is 21.2. The molecule has 2 heterocycles. The van der Waals surface area contributed by atoms with Crippen molar-refractivity contribution >= 4 is 39.9 Å². The quantitative estimate of drug-likeness (QED) is 0.503. The molecular formula is C22H26N6O2S. The van der Waals surface area contributed by atoms with Crippen molar-refractivity contribution in [1.82, 2.24) is 14.9 Å². The minimum absolute atomic E-state index is 0.329. The monoisotopic (exact) mass is 438 g/mol. The summed E-state index contributed by atoms with van der Waals surface area (Å²) in [5.41, 5.74) is 3.67. The molecule has 0 saturated carbocycles. The zero-order chi connectivity index (χ0) is 21.8. The molecule has 0 bridgehead atoms. The Kier molecular flexibility index (Phi) is 6.45. The molecule has 1 atom stereocenters. The van der Waals surface area contributed by atoms with Crippen molar-refractivity contribution in [3.8, 4) is 0 Å². The summed E-state index contributed by atoms with van der Waals surface area (Å²) in [6, 6.07) is 15.1. The number of benzene rings is 2. The fourth-order valence-corrected chi connectivity index (χ4v) is 3.82. The van der Waals surface area contributed by atoms with Gasteiger partial charge in [0.2, 0.25) is 5.95 Å². The molecule has 8 nitrogen and oxygen atoms in total. The van der Waals surface area contributed by atoms with Crippen molar-refractivity contribution in [2.45, 2.75) is 11.8 Å². The van der Waals surface area contributed by atoms with Gasteiger partial charge in [0.1, 0.15) is 5.82 Å². The summed E-state index contributed by atoms with van der Waals surface area (Å²) in [6.45, 7) is 6.12.